The number of benzene rings is 2. The standard InChI is InChI=1S/C47H60N4O11/c1-45(2,3)59-37(54)22-20-33(27-52)48-42(55)34(24-28-11-8-7-9-12-28)50(6)44(57)46-25-35-38-39(61-47(60-38,31-16-17-31)32-18-19-32)41(46)62-51(40(46)43(56)58-35)26-30-14-10-13-29(23-30)15-21-36(53)49(4)5/h7-15,21,23,31-35,38-41,52H,16-20,22,24-27H2,1-6H3,(H,48,55). The normalized spacial score (nSPS) is 28.4. The number of ether oxygens (including phenoxy) is 4. The Kier molecular flexibility index (Phi) is 12.1. The fourth-order valence-corrected chi connectivity index (χ4v) is 9.84. The van der Waals surface area contributed by atoms with Gasteiger partial charge in [0.15, 0.2) is 11.8 Å². The quantitative estimate of drug-likeness (QED) is 0.186. The predicted octanol–water partition coefficient (Wildman–Crippen LogP) is 3.56. The molecular formula is C47H60N4O11. The summed E-state index contributed by atoms with van der Waals surface area (Å²) in [7, 11) is 4.92. The zero-order valence-corrected chi connectivity index (χ0v) is 36.5. The molecule has 8 unspecified atom stereocenters. The number of aliphatic hydroxyl groups excluding tert-OH is 1. The van der Waals surface area contributed by atoms with E-state index < -0.39 is 89.7 Å². The summed E-state index contributed by atoms with van der Waals surface area (Å²) in [5, 5.41) is 14.8. The molecule has 8 rings (SSSR count). The molecule has 6 fully saturated rings. The van der Waals surface area contributed by atoms with Gasteiger partial charge in [-0.25, -0.2) is 0 Å². The van der Waals surface area contributed by atoms with Crippen LogP contribution < -0.4 is 5.32 Å². The van der Waals surface area contributed by atoms with E-state index in [0.29, 0.717) is 0 Å². The second-order valence-corrected chi connectivity index (χ2v) is 19.1. The maximum atomic E-state index is 15.8. The van der Waals surface area contributed by atoms with E-state index in [4.69, 9.17) is 23.8 Å². The van der Waals surface area contributed by atoms with Gasteiger partial charge in [-0.3, -0.25) is 28.8 Å². The number of carbonyl (C=O) groups excluding carboxylic acids is 5. The van der Waals surface area contributed by atoms with Gasteiger partial charge in [-0.1, -0.05) is 54.6 Å². The average molecular weight is 857 g/mol. The first kappa shape index (κ1) is 44.0. The molecule has 0 radical (unpaired) electrons. The average Bonchev–Trinajstić information content (AvgIpc) is 4.19. The van der Waals surface area contributed by atoms with Crippen LogP contribution in [0.2, 0.25) is 0 Å². The summed E-state index contributed by atoms with van der Waals surface area (Å²) in [4.78, 5) is 79.5. The van der Waals surface area contributed by atoms with Gasteiger partial charge >= 0.3 is 11.9 Å². The van der Waals surface area contributed by atoms with E-state index in [1.54, 1.807) is 48.0 Å². The molecule has 15 nitrogen and oxygen atoms in total. The summed E-state index contributed by atoms with van der Waals surface area (Å²) in [5.41, 5.74) is 0.0849. The van der Waals surface area contributed by atoms with Crippen LogP contribution in [0.25, 0.3) is 6.08 Å². The Morgan fingerprint density at radius 3 is 2.29 bits per heavy atom. The van der Waals surface area contributed by atoms with Gasteiger partial charge in [0.1, 0.15) is 41.5 Å². The van der Waals surface area contributed by atoms with E-state index in [1.165, 1.54) is 20.9 Å². The third-order valence-electron chi connectivity index (χ3n) is 13.1. The van der Waals surface area contributed by atoms with Gasteiger partial charge in [-0.2, -0.15) is 5.06 Å². The van der Waals surface area contributed by atoms with E-state index in [2.05, 4.69) is 5.32 Å². The minimum absolute atomic E-state index is 0.0364. The van der Waals surface area contributed by atoms with Crippen LogP contribution in [0.4, 0.5) is 0 Å². The molecule has 3 aliphatic heterocycles. The SMILES string of the molecule is CN(C)C(=O)C=Cc1cccc(CN2OC3C4OC(C5CC5)(C5CC5)OC4C4CC3(C(=O)N(C)C(Cc3ccccc3)C(=O)NC(CO)CCC(=O)OC(C)(C)C)C2C(=O)O4)c1. The Morgan fingerprint density at radius 2 is 1.65 bits per heavy atom. The predicted molar refractivity (Wildman–Crippen MR) is 224 cm³/mol. The number of aliphatic hydroxyl groups is 1. The number of nitrogens with zero attached hydrogens (tertiary/aromatic N) is 3. The van der Waals surface area contributed by atoms with Crippen molar-refractivity contribution in [1.29, 1.82) is 0 Å². The highest BCUT2D eigenvalue weighted by molar-refractivity contribution is 5.96. The first-order chi connectivity index (χ1) is 29.5. The smallest absolute Gasteiger partial charge is 0.327 e. The Labute approximate surface area is 362 Å². The number of hydroxylamine groups is 2. The van der Waals surface area contributed by atoms with Crippen molar-refractivity contribution in [2.75, 3.05) is 27.7 Å². The van der Waals surface area contributed by atoms with Gasteiger partial charge in [0.25, 0.3) is 0 Å². The highest BCUT2D eigenvalue weighted by atomic mass is 16.8. The van der Waals surface area contributed by atoms with Crippen LogP contribution in [0.15, 0.2) is 60.7 Å². The van der Waals surface area contributed by atoms with Crippen LogP contribution >= 0.6 is 0 Å². The lowest BCUT2D eigenvalue weighted by Gasteiger charge is -2.50. The lowest BCUT2D eigenvalue weighted by Crippen LogP contribution is -2.70. The largest absolute Gasteiger partial charge is 0.460 e. The molecule has 0 aromatic heterocycles. The van der Waals surface area contributed by atoms with E-state index in [9.17, 15) is 24.3 Å². The summed E-state index contributed by atoms with van der Waals surface area (Å²) >= 11 is 0. The Balaban J connectivity index is 1.12. The molecule has 3 aliphatic carbocycles. The van der Waals surface area contributed by atoms with E-state index in [1.807, 2.05) is 54.6 Å². The van der Waals surface area contributed by atoms with E-state index in [0.717, 1.165) is 42.4 Å². The van der Waals surface area contributed by atoms with Gasteiger partial charge in [0.2, 0.25) is 17.7 Å². The summed E-state index contributed by atoms with van der Waals surface area (Å²) in [6.45, 7) is 4.96. The molecule has 2 aromatic rings. The number of hydrogen-bond acceptors (Lipinski definition) is 12. The number of carbonyl (C=O) groups is 5. The maximum absolute atomic E-state index is 15.8. The molecule has 3 amide bonds. The number of hydrogen-bond donors (Lipinski definition) is 2. The summed E-state index contributed by atoms with van der Waals surface area (Å²) in [6.07, 6.45) is 4.18. The number of rotatable bonds is 16. The fraction of sp³-hybridized carbons (Fsp3) is 0.596. The molecule has 2 bridgehead atoms. The Hall–Kier alpha value is -4.67. The number of esters is 2. The molecule has 334 valence electrons. The van der Waals surface area contributed by atoms with E-state index in [-0.39, 0.29) is 50.0 Å². The summed E-state index contributed by atoms with van der Waals surface area (Å²) < 4.78 is 25.7. The zero-order chi connectivity index (χ0) is 44.1. The van der Waals surface area contributed by atoms with Crippen molar-refractivity contribution in [3.05, 3.63) is 77.4 Å². The minimum Gasteiger partial charge on any atom is -0.460 e. The molecule has 15 heteroatoms. The first-order valence-corrected chi connectivity index (χ1v) is 21.9. The lowest BCUT2D eigenvalue weighted by molar-refractivity contribution is -0.235. The summed E-state index contributed by atoms with van der Waals surface area (Å²) in [5.74, 6) is -2.70. The second kappa shape index (κ2) is 17.1. The molecule has 8 atom stereocenters. The van der Waals surface area contributed by atoms with Gasteiger partial charge < -0.3 is 39.2 Å². The van der Waals surface area contributed by atoms with Gasteiger partial charge in [-0.15, -0.1) is 0 Å². The van der Waals surface area contributed by atoms with Crippen molar-refractivity contribution in [3.8, 4) is 0 Å². The van der Waals surface area contributed by atoms with Crippen LogP contribution in [-0.4, -0.2) is 131 Å². The third-order valence-corrected chi connectivity index (χ3v) is 13.1. The first-order valence-electron chi connectivity index (χ1n) is 21.9. The molecule has 3 saturated heterocycles. The van der Waals surface area contributed by atoms with Crippen LogP contribution in [0, 0.1) is 17.3 Å². The molecule has 0 spiro atoms. The van der Waals surface area contributed by atoms with Crippen molar-refractivity contribution >= 4 is 35.7 Å². The lowest BCUT2D eigenvalue weighted by atomic mass is 9.62. The van der Waals surface area contributed by atoms with Crippen molar-refractivity contribution in [3.63, 3.8) is 0 Å². The molecule has 62 heavy (non-hydrogen) atoms. The number of nitrogens with one attached hydrogen (secondary N) is 1. The van der Waals surface area contributed by atoms with Crippen molar-refractivity contribution in [2.45, 2.75) is 133 Å². The van der Waals surface area contributed by atoms with Crippen molar-refractivity contribution in [2.24, 2.45) is 17.3 Å². The highest BCUT2D eigenvalue weighted by Gasteiger charge is 2.78. The summed E-state index contributed by atoms with van der Waals surface area (Å²) in [6, 6.07) is 13.7. The molecule has 3 saturated carbocycles. The van der Waals surface area contributed by atoms with Crippen LogP contribution in [0.5, 0.6) is 0 Å². The highest BCUT2D eigenvalue weighted by Crippen LogP contribution is 2.64. The Morgan fingerprint density at radius 1 is 0.968 bits per heavy atom. The monoisotopic (exact) mass is 856 g/mol. The Bertz CT molecular complexity index is 2050. The molecule has 2 aromatic carbocycles. The molecule has 6 aliphatic rings. The molecule has 3 heterocycles. The van der Waals surface area contributed by atoms with Crippen molar-refractivity contribution < 1.29 is 52.9 Å². The van der Waals surface area contributed by atoms with Gasteiger partial charge in [-0.05, 0) is 75.6 Å². The molecule has 2 N–H and O–H groups in total. The number of likely N-dealkylation sites (N-methyl/N-ethyl adjacent to an activating group) is 2. The van der Waals surface area contributed by atoms with E-state index >= 15 is 4.79 Å². The van der Waals surface area contributed by atoms with Crippen LogP contribution in [-0.2, 0) is 60.7 Å². The van der Waals surface area contributed by atoms with Gasteiger partial charge in [0.05, 0.1) is 19.2 Å². The topological polar surface area (TPSA) is 173 Å². The van der Waals surface area contributed by atoms with Crippen molar-refractivity contribution in [1.82, 2.24) is 20.2 Å². The van der Waals surface area contributed by atoms with Crippen LogP contribution in [0.3, 0.4) is 0 Å². The molecular weight excluding hydrogens is 797 g/mol. The maximum Gasteiger partial charge on any atom is 0.327 e. The van der Waals surface area contributed by atoms with Crippen LogP contribution in [0.1, 0.15) is 82.4 Å². The zero-order valence-electron chi connectivity index (χ0n) is 36.5. The van der Waals surface area contributed by atoms with Gasteiger partial charge in [0, 0.05) is 58.3 Å². The second-order valence-electron chi connectivity index (χ2n) is 19.1. The minimum atomic E-state index is -1.54. The number of amides is 3. The number of fused-ring (bicyclic) bond motifs is 4. The third kappa shape index (κ3) is 8.66. The fourth-order valence-electron chi connectivity index (χ4n) is 9.84.